The topological polar surface area (TPSA) is 44.6 Å². The zero-order valence-electron chi connectivity index (χ0n) is 17.4. The molecule has 3 aromatic rings. The van der Waals surface area contributed by atoms with Gasteiger partial charge >= 0.3 is 0 Å². The summed E-state index contributed by atoms with van der Waals surface area (Å²) in [7, 11) is 2.09. The summed E-state index contributed by atoms with van der Waals surface area (Å²) < 4.78 is 2.17. The number of imidazole rings is 1. The molecule has 0 saturated carbocycles. The van der Waals surface area contributed by atoms with Crippen molar-refractivity contribution in [2.75, 3.05) is 38.1 Å². The number of hydrogen-bond acceptors (Lipinski definition) is 4. The van der Waals surface area contributed by atoms with Crippen LogP contribution in [0.15, 0.2) is 60.9 Å². The monoisotopic (exact) mass is 433 g/mol. The SMILES string of the molecule is CN1CCN(C(=O)c2ccc(N3C=Cc4ncc(-c5ccc(Cl)cc5)n4C3)cc2)CC1. The first kappa shape index (κ1) is 19.8. The van der Waals surface area contributed by atoms with Crippen molar-refractivity contribution in [3.8, 4) is 11.3 Å². The van der Waals surface area contributed by atoms with Crippen molar-refractivity contribution in [1.82, 2.24) is 19.4 Å². The van der Waals surface area contributed by atoms with E-state index in [1.807, 2.05) is 71.9 Å². The third-order valence-corrected chi connectivity index (χ3v) is 6.21. The molecule has 0 unspecified atom stereocenters. The number of halogens is 1. The van der Waals surface area contributed by atoms with E-state index in [4.69, 9.17) is 11.6 Å². The maximum absolute atomic E-state index is 12.8. The molecule has 31 heavy (non-hydrogen) atoms. The normalized spacial score (nSPS) is 16.5. The molecule has 0 spiro atoms. The Labute approximate surface area is 187 Å². The summed E-state index contributed by atoms with van der Waals surface area (Å²) >= 11 is 6.04. The number of fused-ring (bicyclic) bond motifs is 1. The molecule has 2 aliphatic rings. The molecule has 2 aliphatic heterocycles. The molecule has 1 fully saturated rings. The zero-order chi connectivity index (χ0) is 21.4. The van der Waals surface area contributed by atoms with E-state index in [1.54, 1.807) is 0 Å². The third-order valence-electron chi connectivity index (χ3n) is 5.96. The summed E-state index contributed by atoms with van der Waals surface area (Å²) in [5.41, 5.74) is 3.89. The average Bonchev–Trinajstić information content (AvgIpc) is 3.23. The maximum atomic E-state index is 12.8. The van der Waals surface area contributed by atoms with Crippen LogP contribution in [-0.4, -0.2) is 58.5 Å². The van der Waals surface area contributed by atoms with Crippen molar-refractivity contribution in [1.29, 1.82) is 0 Å². The van der Waals surface area contributed by atoms with Gasteiger partial charge in [0, 0.05) is 48.7 Å². The average molecular weight is 434 g/mol. The molecule has 3 heterocycles. The second-order valence-electron chi connectivity index (χ2n) is 8.01. The first-order chi connectivity index (χ1) is 15.1. The minimum absolute atomic E-state index is 0.107. The highest BCUT2D eigenvalue weighted by molar-refractivity contribution is 6.30. The summed E-state index contributed by atoms with van der Waals surface area (Å²) in [4.78, 5) is 23.7. The van der Waals surface area contributed by atoms with Crippen molar-refractivity contribution in [3.05, 3.63) is 77.3 Å². The highest BCUT2D eigenvalue weighted by Crippen LogP contribution is 2.28. The Hall–Kier alpha value is -3.09. The van der Waals surface area contributed by atoms with Crippen LogP contribution in [0, 0.1) is 0 Å². The lowest BCUT2D eigenvalue weighted by Crippen LogP contribution is -2.47. The van der Waals surface area contributed by atoms with Gasteiger partial charge in [-0.2, -0.15) is 0 Å². The Balaban J connectivity index is 1.33. The molecule has 158 valence electrons. The highest BCUT2D eigenvalue weighted by atomic mass is 35.5. The predicted molar refractivity (Wildman–Crippen MR) is 124 cm³/mol. The van der Waals surface area contributed by atoms with Gasteiger partial charge in [0.25, 0.3) is 5.91 Å². The largest absolute Gasteiger partial charge is 0.336 e. The zero-order valence-corrected chi connectivity index (χ0v) is 18.2. The van der Waals surface area contributed by atoms with Crippen molar-refractivity contribution in [3.63, 3.8) is 0 Å². The van der Waals surface area contributed by atoms with Gasteiger partial charge in [0.1, 0.15) is 12.5 Å². The highest BCUT2D eigenvalue weighted by Gasteiger charge is 2.21. The van der Waals surface area contributed by atoms with Crippen LogP contribution in [0.1, 0.15) is 16.2 Å². The summed E-state index contributed by atoms with van der Waals surface area (Å²) in [6.45, 7) is 4.05. The molecule has 1 amide bonds. The van der Waals surface area contributed by atoms with Crippen LogP contribution in [-0.2, 0) is 6.67 Å². The van der Waals surface area contributed by atoms with E-state index in [0.29, 0.717) is 6.67 Å². The number of likely N-dealkylation sites (N-methyl/N-ethyl adjacent to an activating group) is 1. The lowest BCUT2D eigenvalue weighted by atomic mass is 10.1. The number of benzene rings is 2. The molecular weight excluding hydrogens is 410 g/mol. The van der Waals surface area contributed by atoms with E-state index < -0.39 is 0 Å². The van der Waals surface area contributed by atoms with Gasteiger partial charge in [-0.15, -0.1) is 0 Å². The van der Waals surface area contributed by atoms with Gasteiger partial charge in [-0.1, -0.05) is 23.7 Å². The van der Waals surface area contributed by atoms with Gasteiger partial charge in [-0.3, -0.25) is 4.79 Å². The number of hydrogen-bond donors (Lipinski definition) is 0. The number of carbonyl (C=O) groups is 1. The summed E-state index contributed by atoms with van der Waals surface area (Å²) in [5.74, 6) is 1.03. The van der Waals surface area contributed by atoms with Gasteiger partial charge < -0.3 is 19.3 Å². The molecule has 0 N–H and O–H groups in total. The van der Waals surface area contributed by atoms with E-state index in [2.05, 4.69) is 26.4 Å². The third kappa shape index (κ3) is 3.96. The molecule has 1 aromatic heterocycles. The number of amides is 1. The fourth-order valence-electron chi connectivity index (χ4n) is 4.03. The van der Waals surface area contributed by atoms with Crippen LogP contribution in [0.2, 0.25) is 5.02 Å². The number of piperazine rings is 1. The Morgan fingerprint density at radius 3 is 2.39 bits per heavy atom. The first-order valence-corrected chi connectivity index (χ1v) is 10.8. The fraction of sp³-hybridized carbons (Fsp3) is 0.250. The minimum atomic E-state index is 0.107. The smallest absolute Gasteiger partial charge is 0.253 e. The van der Waals surface area contributed by atoms with E-state index >= 15 is 0 Å². The predicted octanol–water partition coefficient (Wildman–Crippen LogP) is 4.04. The lowest BCUT2D eigenvalue weighted by molar-refractivity contribution is 0.0664. The summed E-state index contributed by atoms with van der Waals surface area (Å²) in [5, 5.41) is 0.717. The Morgan fingerprint density at radius 2 is 1.68 bits per heavy atom. The van der Waals surface area contributed by atoms with Crippen LogP contribution in [0.25, 0.3) is 17.3 Å². The quantitative estimate of drug-likeness (QED) is 0.625. The van der Waals surface area contributed by atoms with Crippen molar-refractivity contribution < 1.29 is 4.79 Å². The molecule has 6 nitrogen and oxygen atoms in total. The molecule has 5 rings (SSSR count). The number of nitrogens with zero attached hydrogens (tertiary/aromatic N) is 5. The van der Waals surface area contributed by atoms with E-state index in [1.165, 1.54) is 0 Å². The van der Waals surface area contributed by atoms with Crippen LogP contribution in [0.4, 0.5) is 5.69 Å². The minimum Gasteiger partial charge on any atom is -0.336 e. The van der Waals surface area contributed by atoms with E-state index in [0.717, 1.165) is 59.5 Å². The van der Waals surface area contributed by atoms with E-state index in [9.17, 15) is 4.79 Å². The Kier molecular flexibility index (Phi) is 5.26. The molecule has 2 aromatic carbocycles. The van der Waals surface area contributed by atoms with Gasteiger partial charge in [0.05, 0.1) is 11.9 Å². The standard InChI is InChI=1S/C24H24ClN5O/c1-27-12-14-28(15-13-27)24(31)19-4-8-21(9-5-19)29-11-10-23-26-16-22(30(23)17-29)18-2-6-20(25)7-3-18/h2-11,16H,12-15,17H2,1H3. The van der Waals surface area contributed by atoms with Crippen LogP contribution in [0.5, 0.6) is 0 Å². The van der Waals surface area contributed by atoms with Crippen molar-refractivity contribution in [2.24, 2.45) is 0 Å². The molecule has 0 bridgehead atoms. The maximum Gasteiger partial charge on any atom is 0.253 e. The lowest BCUT2D eigenvalue weighted by Gasteiger charge is -2.32. The van der Waals surface area contributed by atoms with Crippen LogP contribution in [0.3, 0.4) is 0 Å². The second-order valence-corrected chi connectivity index (χ2v) is 8.44. The molecule has 0 radical (unpaired) electrons. The van der Waals surface area contributed by atoms with Gasteiger partial charge in [0.15, 0.2) is 0 Å². The molecule has 0 aliphatic carbocycles. The molecule has 0 atom stereocenters. The summed E-state index contributed by atoms with van der Waals surface area (Å²) in [6, 6.07) is 15.7. The van der Waals surface area contributed by atoms with Crippen LogP contribution >= 0.6 is 11.6 Å². The molecule has 1 saturated heterocycles. The summed E-state index contributed by atoms with van der Waals surface area (Å²) in [6.07, 6.45) is 5.93. The van der Waals surface area contributed by atoms with Gasteiger partial charge in [-0.25, -0.2) is 4.98 Å². The van der Waals surface area contributed by atoms with Crippen molar-refractivity contribution >= 4 is 29.3 Å². The fourth-order valence-corrected chi connectivity index (χ4v) is 4.16. The first-order valence-electron chi connectivity index (χ1n) is 10.4. The van der Waals surface area contributed by atoms with Gasteiger partial charge in [-0.05, 0) is 55.1 Å². The Morgan fingerprint density at radius 1 is 0.968 bits per heavy atom. The second kappa shape index (κ2) is 8.21. The van der Waals surface area contributed by atoms with Gasteiger partial charge in [0.2, 0.25) is 0 Å². The van der Waals surface area contributed by atoms with Crippen molar-refractivity contribution in [2.45, 2.75) is 6.67 Å². The Bertz CT molecular complexity index is 1110. The number of aromatic nitrogens is 2. The molecular formula is C24H24ClN5O. The number of anilines is 1. The number of carbonyl (C=O) groups excluding carboxylic acids is 1. The van der Waals surface area contributed by atoms with E-state index in [-0.39, 0.29) is 5.91 Å². The molecule has 7 heteroatoms. The van der Waals surface area contributed by atoms with Crippen LogP contribution < -0.4 is 4.90 Å². The number of rotatable bonds is 3.